The van der Waals surface area contributed by atoms with E-state index in [9.17, 15) is 14.7 Å². The second-order valence-electron chi connectivity index (χ2n) is 8.39. The summed E-state index contributed by atoms with van der Waals surface area (Å²) in [6.45, 7) is 1.78. The Morgan fingerprint density at radius 1 is 1.14 bits per heavy atom. The number of carbonyl (C=O) groups excluding carboxylic acids is 1. The molecule has 2 N–H and O–H groups in total. The van der Waals surface area contributed by atoms with E-state index in [2.05, 4.69) is 26.2 Å². The van der Waals surface area contributed by atoms with Crippen molar-refractivity contribution >= 4 is 44.9 Å². The van der Waals surface area contributed by atoms with Crippen molar-refractivity contribution in [2.45, 2.75) is 13.0 Å². The predicted octanol–water partition coefficient (Wildman–Crippen LogP) is 4.35. The van der Waals surface area contributed by atoms with Gasteiger partial charge in [-0.2, -0.15) is 0 Å². The summed E-state index contributed by atoms with van der Waals surface area (Å²) in [6, 6.07) is 20.8. The summed E-state index contributed by atoms with van der Waals surface area (Å²) in [5.41, 5.74) is 2.76. The van der Waals surface area contributed by atoms with Crippen LogP contribution in [0.15, 0.2) is 98.3 Å². The van der Waals surface area contributed by atoms with Crippen molar-refractivity contribution in [1.82, 2.24) is 4.57 Å². The number of ether oxygens (including phenoxy) is 1. The van der Waals surface area contributed by atoms with Crippen molar-refractivity contribution in [2.75, 3.05) is 12.4 Å². The summed E-state index contributed by atoms with van der Waals surface area (Å²) < 4.78 is 7.98. The van der Waals surface area contributed by atoms with Crippen LogP contribution in [-0.4, -0.2) is 22.7 Å². The smallest absolute Gasteiger partial charge is 0.271 e. The minimum atomic E-state index is -0.705. The van der Waals surface area contributed by atoms with Gasteiger partial charge in [-0.25, -0.2) is 4.99 Å². The van der Waals surface area contributed by atoms with E-state index in [-0.39, 0.29) is 17.2 Å². The lowest BCUT2D eigenvalue weighted by atomic mass is 9.95. The van der Waals surface area contributed by atoms with E-state index in [4.69, 9.17) is 4.74 Å². The Kier molecular flexibility index (Phi) is 6.82. The van der Waals surface area contributed by atoms with Crippen LogP contribution in [0.1, 0.15) is 24.1 Å². The van der Waals surface area contributed by atoms with Crippen LogP contribution in [-0.2, 0) is 4.79 Å². The van der Waals surface area contributed by atoms with Gasteiger partial charge in [0.2, 0.25) is 0 Å². The van der Waals surface area contributed by atoms with E-state index in [1.165, 1.54) is 11.3 Å². The number of phenols is 1. The monoisotopic (exact) mass is 575 g/mol. The molecule has 2 heterocycles. The number of allylic oxidation sites excluding steroid dienone is 1. The number of hydrogen-bond acceptors (Lipinski definition) is 6. The molecule has 3 aromatic carbocycles. The van der Waals surface area contributed by atoms with Gasteiger partial charge in [0.25, 0.3) is 11.5 Å². The fourth-order valence-corrected chi connectivity index (χ4v) is 5.67. The number of benzene rings is 3. The van der Waals surface area contributed by atoms with Gasteiger partial charge in [0.1, 0.15) is 11.5 Å². The van der Waals surface area contributed by atoms with E-state index in [1.807, 2.05) is 42.5 Å². The Labute approximate surface area is 224 Å². The molecule has 0 bridgehead atoms. The van der Waals surface area contributed by atoms with E-state index in [0.29, 0.717) is 36.5 Å². The number of halogens is 1. The molecule has 4 aromatic rings. The topological polar surface area (TPSA) is 92.9 Å². The first-order chi connectivity index (χ1) is 17.9. The number of methoxy groups -OCH3 is 1. The van der Waals surface area contributed by atoms with Crippen molar-refractivity contribution in [3.8, 4) is 11.5 Å². The maximum atomic E-state index is 13.8. The number of amides is 1. The van der Waals surface area contributed by atoms with Crippen LogP contribution in [0.4, 0.5) is 5.69 Å². The van der Waals surface area contributed by atoms with Crippen LogP contribution < -0.4 is 24.9 Å². The zero-order chi connectivity index (χ0) is 26.1. The third-order valence-corrected chi connectivity index (χ3v) is 7.60. The van der Waals surface area contributed by atoms with Crippen molar-refractivity contribution in [3.05, 3.63) is 119 Å². The summed E-state index contributed by atoms with van der Waals surface area (Å²) >= 11 is 4.57. The number of nitrogens with zero attached hydrogens (tertiary/aromatic N) is 2. The van der Waals surface area contributed by atoms with Crippen molar-refractivity contribution < 1.29 is 14.6 Å². The lowest BCUT2D eigenvalue weighted by Crippen LogP contribution is -2.40. The molecule has 0 saturated heterocycles. The molecule has 1 aromatic heterocycles. The first-order valence-electron chi connectivity index (χ1n) is 11.4. The van der Waals surface area contributed by atoms with Crippen LogP contribution in [0, 0.1) is 0 Å². The molecule has 0 saturated carbocycles. The number of rotatable bonds is 5. The summed E-state index contributed by atoms with van der Waals surface area (Å²) in [4.78, 5) is 32.5. The fraction of sp³-hybridized carbons (Fsp3) is 0.107. The van der Waals surface area contributed by atoms with Gasteiger partial charge in [-0.05, 0) is 76.5 Å². The Hall–Kier alpha value is -3.95. The number of aromatic hydroxyl groups is 1. The largest absolute Gasteiger partial charge is 0.507 e. The molecule has 9 heteroatoms. The number of phenolic OH excluding ortho intramolecular Hbond substituents is 1. The van der Waals surface area contributed by atoms with Crippen molar-refractivity contribution in [3.63, 3.8) is 0 Å². The first kappa shape index (κ1) is 24.7. The minimum Gasteiger partial charge on any atom is -0.507 e. The number of anilines is 1. The molecule has 0 aliphatic carbocycles. The lowest BCUT2D eigenvalue weighted by Gasteiger charge is -2.25. The van der Waals surface area contributed by atoms with Gasteiger partial charge in [-0.1, -0.05) is 47.7 Å². The molecule has 186 valence electrons. The molecular weight excluding hydrogens is 554 g/mol. The second kappa shape index (κ2) is 10.2. The highest BCUT2D eigenvalue weighted by molar-refractivity contribution is 9.10. The van der Waals surface area contributed by atoms with Crippen molar-refractivity contribution in [2.24, 2.45) is 4.99 Å². The fourth-order valence-electron chi connectivity index (χ4n) is 4.22. The molecule has 1 aliphatic heterocycles. The number of thiazole rings is 1. The number of para-hydroxylation sites is 1. The van der Waals surface area contributed by atoms with Gasteiger partial charge in [0.05, 0.1) is 33.4 Å². The third-order valence-electron chi connectivity index (χ3n) is 5.98. The SMILES string of the molecule is COc1cccc([C@@H]2C(C(=O)Nc3ccccc3)=C(C)N=c3s/c(=C\c4ccc(O)c(Br)c4)c(=O)n32)c1. The van der Waals surface area contributed by atoms with Crippen LogP contribution >= 0.6 is 27.3 Å². The maximum Gasteiger partial charge on any atom is 0.271 e. The summed E-state index contributed by atoms with van der Waals surface area (Å²) in [5, 5.41) is 12.8. The summed E-state index contributed by atoms with van der Waals surface area (Å²) in [5.74, 6) is 0.393. The molecule has 37 heavy (non-hydrogen) atoms. The highest BCUT2D eigenvalue weighted by Crippen LogP contribution is 2.32. The van der Waals surface area contributed by atoms with Gasteiger partial charge in [-0.15, -0.1) is 0 Å². The van der Waals surface area contributed by atoms with E-state index >= 15 is 0 Å². The third kappa shape index (κ3) is 4.87. The van der Waals surface area contributed by atoms with Crippen molar-refractivity contribution in [1.29, 1.82) is 0 Å². The van der Waals surface area contributed by atoms with E-state index in [0.717, 1.165) is 11.1 Å². The molecule has 1 atom stereocenters. The minimum absolute atomic E-state index is 0.112. The van der Waals surface area contributed by atoms with E-state index in [1.54, 1.807) is 55.0 Å². The standard InChI is InChI=1S/C28H22BrN3O4S/c1-16-24(26(34)31-19-8-4-3-5-9-19)25(18-7-6-10-20(15-18)36-2)32-27(35)23(37-28(32)30-16)14-17-11-12-22(33)21(29)13-17/h3-15,25,33H,1-2H3,(H,31,34)/b23-14-/t25-/m1/s1. The number of aromatic nitrogens is 1. The number of nitrogens with one attached hydrogen (secondary N) is 1. The Bertz CT molecular complexity index is 1720. The molecule has 1 amide bonds. The lowest BCUT2D eigenvalue weighted by molar-refractivity contribution is -0.113. The predicted molar refractivity (Wildman–Crippen MR) is 148 cm³/mol. The quantitative estimate of drug-likeness (QED) is 0.370. The van der Waals surface area contributed by atoms with Crippen LogP contribution in [0.25, 0.3) is 6.08 Å². The second-order valence-corrected chi connectivity index (χ2v) is 10.3. The first-order valence-corrected chi connectivity index (χ1v) is 13.0. The highest BCUT2D eigenvalue weighted by Gasteiger charge is 2.32. The summed E-state index contributed by atoms with van der Waals surface area (Å²) in [6.07, 6.45) is 1.75. The average molecular weight is 576 g/mol. The molecule has 1 aliphatic rings. The number of carbonyl (C=O) groups is 1. The number of fused-ring (bicyclic) bond motifs is 1. The molecule has 0 fully saturated rings. The Morgan fingerprint density at radius 3 is 2.65 bits per heavy atom. The Balaban J connectivity index is 1.69. The molecule has 0 unspecified atom stereocenters. The van der Waals surface area contributed by atoms with Gasteiger partial charge in [0.15, 0.2) is 4.80 Å². The van der Waals surface area contributed by atoms with Gasteiger partial charge >= 0.3 is 0 Å². The molecule has 0 radical (unpaired) electrons. The highest BCUT2D eigenvalue weighted by atomic mass is 79.9. The maximum absolute atomic E-state index is 13.8. The zero-order valence-corrected chi connectivity index (χ0v) is 22.3. The normalized spacial score (nSPS) is 15.2. The zero-order valence-electron chi connectivity index (χ0n) is 19.9. The molecule has 5 rings (SSSR count). The van der Waals surface area contributed by atoms with Crippen LogP contribution in [0.3, 0.4) is 0 Å². The number of hydrogen-bond donors (Lipinski definition) is 2. The Morgan fingerprint density at radius 2 is 1.92 bits per heavy atom. The van der Waals surface area contributed by atoms with Crippen LogP contribution in [0.2, 0.25) is 0 Å². The average Bonchev–Trinajstić information content (AvgIpc) is 3.20. The van der Waals surface area contributed by atoms with Gasteiger partial charge < -0.3 is 15.2 Å². The van der Waals surface area contributed by atoms with Crippen LogP contribution in [0.5, 0.6) is 11.5 Å². The molecule has 7 nitrogen and oxygen atoms in total. The summed E-state index contributed by atoms with van der Waals surface area (Å²) in [7, 11) is 1.57. The van der Waals surface area contributed by atoms with E-state index < -0.39 is 6.04 Å². The molecule has 0 spiro atoms. The van der Waals surface area contributed by atoms with Gasteiger partial charge in [0, 0.05) is 5.69 Å². The molecular formula is C28H22BrN3O4S. The van der Waals surface area contributed by atoms with Gasteiger partial charge in [-0.3, -0.25) is 14.2 Å².